The Morgan fingerprint density at radius 1 is 1.21 bits per heavy atom. The molecule has 0 unspecified atom stereocenters. The van der Waals surface area contributed by atoms with Crippen molar-refractivity contribution < 1.29 is 18.7 Å². The summed E-state index contributed by atoms with van der Waals surface area (Å²) in [6, 6.07) is 12.7. The van der Waals surface area contributed by atoms with Crippen LogP contribution in [0, 0.1) is 6.92 Å². The standard InChI is InChI=1S/C18H16N2O4/c1-12-15(9-13-5-2-3-7-16(13)20-12)18(22)24-11-17(21)19-10-14-6-4-8-23-14/h2-9H,10-11H2,1H3,(H,19,21). The van der Waals surface area contributed by atoms with Crippen molar-refractivity contribution in [2.45, 2.75) is 13.5 Å². The minimum absolute atomic E-state index is 0.250. The number of hydrogen-bond acceptors (Lipinski definition) is 5. The SMILES string of the molecule is Cc1nc2ccccc2cc1C(=O)OCC(=O)NCc1ccco1. The number of ether oxygens (including phenoxy) is 1. The summed E-state index contributed by atoms with van der Waals surface area (Å²) in [5.41, 5.74) is 1.73. The van der Waals surface area contributed by atoms with Gasteiger partial charge >= 0.3 is 5.97 Å². The average molecular weight is 324 g/mol. The van der Waals surface area contributed by atoms with Crippen molar-refractivity contribution in [1.82, 2.24) is 10.3 Å². The number of pyridine rings is 1. The first-order chi connectivity index (χ1) is 11.6. The van der Waals surface area contributed by atoms with E-state index in [1.165, 1.54) is 6.26 Å². The molecule has 24 heavy (non-hydrogen) atoms. The van der Waals surface area contributed by atoms with E-state index < -0.39 is 11.9 Å². The fraction of sp³-hybridized carbons (Fsp3) is 0.167. The van der Waals surface area contributed by atoms with Gasteiger partial charge < -0.3 is 14.5 Å². The van der Waals surface area contributed by atoms with Crippen LogP contribution < -0.4 is 5.32 Å². The number of fused-ring (bicyclic) bond motifs is 1. The molecule has 122 valence electrons. The van der Waals surface area contributed by atoms with Crippen molar-refractivity contribution >= 4 is 22.8 Å². The molecule has 0 saturated carbocycles. The highest BCUT2D eigenvalue weighted by Gasteiger charge is 2.14. The van der Waals surface area contributed by atoms with Crippen molar-refractivity contribution in [3.63, 3.8) is 0 Å². The Kier molecular flexibility index (Phi) is 4.56. The predicted octanol–water partition coefficient (Wildman–Crippen LogP) is 2.61. The van der Waals surface area contributed by atoms with Crippen molar-refractivity contribution in [3.05, 3.63) is 65.7 Å². The number of rotatable bonds is 5. The van der Waals surface area contributed by atoms with Gasteiger partial charge in [0.15, 0.2) is 6.61 Å². The third kappa shape index (κ3) is 3.60. The van der Waals surface area contributed by atoms with Gasteiger partial charge in [-0.1, -0.05) is 18.2 Å². The number of nitrogens with one attached hydrogen (secondary N) is 1. The van der Waals surface area contributed by atoms with Crippen LogP contribution in [0.3, 0.4) is 0 Å². The number of aromatic nitrogens is 1. The lowest BCUT2D eigenvalue weighted by molar-refractivity contribution is -0.124. The Bertz CT molecular complexity index is 872. The molecule has 0 saturated heterocycles. The molecule has 1 aromatic carbocycles. The Balaban J connectivity index is 1.60. The summed E-state index contributed by atoms with van der Waals surface area (Å²) in [5, 5.41) is 3.46. The number of aryl methyl sites for hydroxylation is 1. The van der Waals surface area contributed by atoms with Crippen LogP contribution >= 0.6 is 0 Å². The fourth-order valence-electron chi connectivity index (χ4n) is 2.28. The summed E-state index contributed by atoms with van der Waals surface area (Å²) in [4.78, 5) is 28.3. The first-order valence-corrected chi connectivity index (χ1v) is 7.46. The van der Waals surface area contributed by atoms with Gasteiger partial charge in [0.1, 0.15) is 5.76 Å². The zero-order valence-corrected chi connectivity index (χ0v) is 13.1. The molecule has 6 nitrogen and oxygen atoms in total. The molecule has 3 aromatic rings. The smallest absolute Gasteiger partial charge is 0.340 e. The largest absolute Gasteiger partial charge is 0.467 e. The number of hydrogen-bond donors (Lipinski definition) is 1. The molecule has 6 heteroatoms. The van der Waals surface area contributed by atoms with Crippen molar-refractivity contribution in [3.8, 4) is 0 Å². The van der Waals surface area contributed by atoms with Gasteiger partial charge in [-0.15, -0.1) is 0 Å². The summed E-state index contributed by atoms with van der Waals surface area (Å²) < 4.78 is 10.2. The summed E-state index contributed by atoms with van der Waals surface area (Å²) in [7, 11) is 0. The van der Waals surface area contributed by atoms with Crippen LogP contribution in [0.5, 0.6) is 0 Å². The van der Waals surface area contributed by atoms with E-state index in [0.717, 1.165) is 10.9 Å². The first-order valence-electron chi connectivity index (χ1n) is 7.46. The lowest BCUT2D eigenvalue weighted by atomic mass is 10.1. The van der Waals surface area contributed by atoms with Crippen LogP contribution in [0.25, 0.3) is 10.9 Å². The molecule has 1 amide bonds. The van der Waals surface area contributed by atoms with E-state index in [9.17, 15) is 9.59 Å². The van der Waals surface area contributed by atoms with E-state index in [-0.39, 0.29) is 13.2 Å². The monoisotopic (exact) mass is 324 g/mol. The third-order valence-corrected chi connectivity index (χ3v) is 3.51. The van der Waals surface area contributed by atoms with E-state index in [1.54, 1.807) is 25.1 Å². The maximum atomic E-state index is 12.2. The molecule has 2 aromatic heterocycles. The molecule has 0 spiro atoms. The van der Waals surface area contributed by atoms with E-state index >= 15 is 0 Å². The maximum absolute atomic E-state index is 12.2. The van der Waals surface area contributed by atoms with Gasteiger partial charge in [-0.3, -0.25) is 9.78 Å². The van der Waals surface area contributed by atoms with Crippen LogP contribution in [0.15, 0.2) is 53.1 Å². The second-order valence-corrected chi connectivity index (χ2v) is 5.25. The summed E-state index contributed by atoms with van der Waals surface area (Å²) >= 11 is 0. The number of para-hydroxylation sites is 1. The molecule has 0 radical (unpaired) electrons. The van der Waals surface area contributed by atoms with Gasteiger partial charge in [0, 0.05) is 5.39 Å². The fourth-order valence-corrected chi connectivity index (χ4v) is 2.28. The van der Waals surface area contributed by atoms with Crippen molar-refractivity contribution in [1.29, 1.82) is 0 Å². The second kappa shape index (κ2) is 6.95. The van der Waals surface area contributed by atoms with E-state index in [2.05, 4.69) is 10.3 Å². The summed E-state index contributed by atoms with van der Waals surface area (Å²) in [6.45, 7) is 1.63. The Hall–Kier alpha value is -3.15. The predicted molar refractivity (Wildman–Crippen MR) is 87.3 cm³/mol. The third-order valence-electron chi connectivity index (χ3n) is 3.51. The summed E-state index contributed by atoms with van der Waals surface area (Å²) in [6.07, 6.45) is 1.52. The molecule has 2 heterocycles. The topological polar surface area (TPSA) is 81.4 Å². The Labute approximate surface area is 138 Å². The summed E-state index contributed by atoms with van der Waals surface area (Å²) in [5.74, 6) is -0.339. The van der Waals surface area contributed by atoms with Gasteiger partial charge in [0.25, 0.3) is 5.91 Å². The molecule has 0 atom stereocenters. The molecule has 0 aliphatic rings. The minimum Gasteiger partial charge on any atom is -0.467 e. The molecule has 0 aliphatic carbocycles. The lowest BCUT2D eigenvalue weighted by Gasteiger charge is -2.08. The number of amides is 1. The highest BCUT2D eigenvalue weighted by Crippen LogP contribution is 2.17. The van der Waals surface area contributed by atoms with Gasteiger partial charge in [-0.25, -0.2) is 4.79 Å². The van der Waals surface area contributed by atoms with Crippen LogP contribution in [0.2, 0.25) is 0 Å². The maximum Gasteiger partial charge on any atom is 0.340 e. The zero-order chi connectivity index (χ0) is 16.9. The zero-order valence-electron chi connectivity index (χ0n) is 13.1. The highest BCUT2D eigenvalue weighted by molar-refractivity contribution is 5.96. The van der Waals surface area contributed by atoms with Gasteiger partial charge in [0.2, 0.25) is 0 Å². The van der Waals surface area contributed by atoms with Crippen LogP contribution in [-0.2, 0) is 16.1 Å². The van der Waals surface area contributed by atoms with Crippen molar-refractivity contribution in [2.75, 3.05) is 6.61 Å². The normalized spacial score (nSPS) is 10.5. The molecule has 0 bridgehead atoms. The average Bonchev–Trinajstić information content (AvgIpc) is 3.10. The van der Waals surface area contributed by atoms with Crippen LogP contribution in [-0.4, -0.2) is 23.5 Å². The minimum atomic E-state index is -0.570. The van der Waals surface area contributed by atoms with E-state index in [4.69, 9.17) is 9.15 Å². The number of benzene rings is 1. The van der Waals surface area contributed by atoms with E-state index in [0.29, 0.717) is 17.0 Å². The number of nitrogens with zero attached hydrogens (tertiary/aromatic N) is 1. The quantitative estimate of drug-likeness (QED) is 0.730. The molecular formula is C18H16N2O4. The number of carbonyl (C=O) groups excluding carboxylic acids is 2. The van der Waals surface area contributed by atoms with Gasteiger partial charge in [-0.2, -0.15) is 0 Å². The number of carbonyl (C=O) groups is 2. The van der Waals surface area contributed by atoms with Gasteiger partial charge in [-0.05, 0) is 31.2 Å². The number of esters is 1. The second-order valence-electron chi connectivity index (χ2n) is 5.25. The first kappa shape index (κ1) is 15.7. The Morgan fingerprint density at radius 2 is 2.04 bits per heavy atom. The highest BCUT2D eigenvalue weighted by atomic mass is 16.5. The van der Waals surface area contributed by atoms with Crippen molar-refractivity contribution in [2.24, 2.45) is 0 Å². The molecule has 1 N–H and O–H groups in total. The number of furan rings is 1. The van der Waals surface area contributed by atoms with Crippen LogP contribution in [0.4, 0.5) is 0 Å². The van der Waals surface area contributed by atoms with Crippen LogP contribution in [0.1, 0.15) is 21.8 Å². The molecule has 3 rings (SSSR count). The lowest BCUT2D eigenvalue weighted by Crippen LogP contribution is -2.28. The van der Waals surface area contributed by atoms with E-state index in [1.807, 2.05) is 24.3 Å². The molecular weight excluding hydrogens is 308 g/mol. The Morgan fingerprint density at radius 3 is 2.83 bits per heavy atom. The molecule has 0 fully saturated rings. The van der Waals surface area contributed by atoms with Gasteiger partial charge in [0.05, 0.1) is 29.6 Å². The molecule has 0 aliphatic heterocycles.